The highest BCUT2D eigenvalue weighted by Gasteiger charge is 2.21. The van der Waals surface area contributed by atoms with Gasteiger partial charge in [-0.2, -0.15) is 0 Å². The van der Waals surface area contributed by atoms with Crippen LogP contribution in [0.15, 0.2) is 66.7 Å². The van der Waals surface area contributed by atoms with Gasteiger partial charge >= 0.3 is 5.97 Å². The van der Waals surface area contributed by atoms with E-state index in [1.54, 1.807) is 54.6 Å². The van der Waals surface area contributed by atoms with Crippen LogP contribution < -0.4 is 18.9 Å². The summed E-state index contributed by atoms with van der Waals surface area (Å²) in [5.41, 5.74) is 2.59. The van der Waals surface area contributed by atoms with Crippen molar-refractivity contribution in [3.05, 3.63) is 89.0 Å². The van der Waals surface area contributed by atoms with Gasteiger partial charge in [-0.25, -0.2) is 4.79 Å². The summed E-state index contributed by atoms with van der Waals surface area (Å²) in [5.74, 6) is 0.493. The Kier molecular flexibility index (Phi) is 7.29. The Morgan fingerprint density at radius 2 is 1.38 bits per heavy atom. The van der Waals surface area contributed by atoms with Crippen molar-refractivity contribution in [3.8, 4) is 23.0 Å². The Bertz CT molecular complexity index is 1120. The van der Waals surface area contributed by atoms with Crippen LogP contribution in [0, 0.1) is 6.92 Å². The first-order chi connectivity index (χ1) is 15.5. The molecule has 0 aliphatic heterocycles. The van der Waals surface area contributed by atoms with Gasteiger partial charge in [-0.1, -0.05) is 48.0 Å². The van der Waals surface area contributed by atoms with E-state index < -0.39 is 5.97 Å². The average molecular weight is 432 g/mol. The molecule has 0 radical (unpaired) electrons. The molecule has 0 aliphatic carbocycles. The molecule has 32 heavy (non-hydrogen) atoms. The largest absolute Gasteiger partial charge is 0.496 e. The highest BCUT2D eigenvalue weighted by atomic mass is 16.6. The van der Waals surface area contributed by atoms with Crippen LogP contribution in [-0.2, 0) is 0 Å². The Morgan fingerprint density at radius 3 is 1.97 bits per heavy atom. The van der Waals surface area contributed by atoms with Gasteiger partial charge in [-0.05, 0) is 42.8 Å². The van der Waals surface area contributed by atoms with E-state index in [9.17, 15) is 9.59 Å². The molecule has 3 rings (SSSR count). The van der Waals surface area contributed by atoms with Crippen LogP contribution >= 0.6 is 0 Å². The quantitative estimate of drug-likeness (QED) is 0.213. The molecule has 0 heterocycles. The fourth-order valence-corrected chi connectivity index (χ4v) is 3.06. The first-order valence-electron chi connectivity index (χ1n) is 9.87. The molecule has 0 unspecified atom stereocenters. The van der Waals surface area contributed by atoms with Gasteiger partial charge in [0, 0.05) is 5.56 Å². The summed E-state index contributed by atoms with van der Waals surface area (Å²) in [6.45, 7) is 1.97. The molecule has 3 aromatic carbocycles. The summed E-state index contributed by atoms with van der Waals surface area (Å²) in [7, 11) is 4.40. The average Bonchev–Trinajstić information content (AvgIpc) is 2.82. The molecule has 0 amide bonds. The Hall–Kier alpha value is -4.06. The van der Waals surface area contributed by atoms with Gasteiger partial charge in [0.1, 0.15) is 17.1 Å². The third-order valence-electron chi connectivity index (χ3n) is 4.79. The number of rotatable bonds is 8. The maximum Gasteiger partial charge on any atom is 0.351 e. The molecule has 0 aliphatic rings. The smallest absolute Gasteiger partial charge is 0.351 e. The molecule has 0 atom stereocenters. The van der Waals surface area contributed by atoms with Gasteiger partial charge < -0.3 is 18.9 Å². The SMILES string of the molecule is COc1cc(/C=C/C(=O)c2ccc(C)cc2)ccc1OC(=O)c1c(OC)cccc1OC. The standard InChI is InChI=1S/C26H24O6/c1-17-8-12-19(13-9-17)20(27)14-10-18-11-15-21(24(16-18)31-4)32-26(28)25-22(29-2)6-5-7-23(25)30-3/h5-16H,1-4H3/b14-10+. The molecule has 0 aromatic heterocycles. The molecule has 6 nitrogen and oxygen atoms in total. The number of aryl methyl sites for hydroxylation is 1. The minimum Gasteiger partial charge on any atom is -0.496 e. The molecular weight excluding hydrogens is 408 g/mol. The van der Waals surface area contributed by atoms with Gasteiger partial charge in [0.25, 0.3) is 0 Å². The molecule has 3 aromatic rings. The Morgan fingerprint density at radius 1 is 0.750 bits per heavy atom. The van der Waals surface area contributed by atoms with E-state index in [0.717, 1.165) is 11.1 Å². The summed E-state index contributed by atoms with van der Waals surface area (Å²) < 4.78 is 21.5. The summed E-state index contributed by atoms with van der Waals surface area (Å²) in [5, 5.41) is 0. The number of hydrogen-bond donors (Lipinski definition) is 0. The van der Waals surface area contributed by atoms with E-state index in [2.05, 4.69) is 0 Å². The fraction of sp³-hybridized carbons (Fsp3) is 0.154. The number of benzene rings is 3. The zero-order valence-corrected chi connectivity index (χ0v) is 18.4. The lowest BCUT2D eigenvalue weighted by molar-refractivity contribution is 0.0722. The molecule has 6 heteroatoms. The molecule has 0 spiro atoms. The minimum atomic E-state index is -0.643. The van der Waals surface area contributed by atoms with Crippen molar-refractivity contribution in [2.24, 2.45) is 0 Å². The zero-order valence-electron chi connectivity index (χ0n) is 18.4. The highest BCUT2D eigenvalue weighted by Crippen LogP contribution is 2.33. The number of carbonyl (C=O) groups excluding carboxylic acids is 2. The lowest BCUT2D eigenvalue weighted by Crippen LogP contribution is -2.12. The van der Waals surface area contributed by atoms with Crippen molar-refractivity contribution in [1.82, 2.24) is 0 Å². The third-order valence-corrected chi connectivity index (χ3v) is 4.79. The third kappa shape index (κ3) is 5.16. The number of allylic oxidation sites excluding steroid dienone is 1. The van der Waals surface area contributed by atoms with Crippen LogP contribution in [0.2, 0.25) is 0 Å². The summed E-state index contributed by atoms with van der Waals surface area (Å²) in [6.07, 6.45) is 3.17. The number of hydrogen-bond acceptors (Lipinski definition) is 6. The van der Waals surface area contributed by atoms with Crippen LogP contribution in [0.1, 0.15) is 31.8 Å². The van der Waals surface area contributed by atoms with Crippen LogP contribution in [0.3, 0.4) is 0 Å². The molecule has 0 fully saturated rings. The second-order valence-electron chi connectivity index (χ2n) is 6.90. The molecular formula is C26H24O6. The van der Waals surface area contributed by atoms with E-state index in [1.165, 1.54) is 27.4 Å². The van der Waals surface area contributed by atoms with E-state index in [-0.39, 0.29) is 17.1 Å². The molecule has 0 bridgehead atoms. The minimum absolute atomic E-state index is 0.109. The maximum absolute atomic E-state index is 12.8. The lowest BCUT2D eigenvalue weighted by atomic mass is 10.1. The predicted molar refractivity (Wildman–Crippen MR) is 122 cm³/mol. The van der Waals surface area contributed by atoms with Gasteiger partial charge in [0.15, 0.2) is 17.3 Å². The van der Waals surface area contributed by atoms with Crippen molar-refractivity contribution >= 4 is 17.8 Å². The Balaban J connectivity index is 1.81. The van der Waals surface area contributed by atoms with Crippen LogP contribution in [-0.4, -0.2) is 33.1 Å². The molecule has 0 saturated heterocycles. The van der Waals surface area contributed by atoms with E-state index in [0.29, 0.717) is 22.8 Å². The van der Waals surface area contributed by atoms with Crippen molar-refractivity contribution in [2.75, 3.05) is 21.3 Å². The number of ketones is 1. The number of methoxy groups -OCH3 is 3. The van der Waals surface area contributed by atoms with Gasteiger partial charge in [0.2, 0.25) is 0 Å². The number of carbonyl (C=O) groups is 2. The fourth-order valence-electron chi connectivity index (χ4n) is 3.06. The van der Waals surface area contributed by atoms with Crippen molar-refractivity contribution in [2.45, 2.75) is 6.92 Å². The second-order valence-corrected chi connectivity index (χ2v) is 6.90. The maximum atomic E-state index is 12.8. The van der Waals surface area contributed by atoms with Crippen molar-refractivity contribution in [1.29, 1.82) is 0 Å². The monoisotopic (exact) mass is 432 g/mol. The normalized spacial score (nSPS) is 10.6. The lowest BCUT2D eigenvalue weighted by Gasteiger charge is -2.14. The molecule has 0 saturated carbocycles. The van der Waals surface area contributed by atoms with E-state index in [1.807, 2.05) is 19.1 Å². The predicted octanol–water partition coefficient (Wildman–Crippen LogP) is 5.14. The van der Waals surface area contributed by atoms with Gasteiger partial charge in [-0.15, -0.1) is 0 Å². The number of esters is 1. The summed E-state index contributed by atoms with van der Waals surface area (Å²) in [6, 6.07) is 17.4. The summed E-state index contributed by atoms with van der Waals surface area (Å²) in [4.78, 5) is 25.2. The Labute approximate surface area is 187 Å². The first kappa shape index (κ1) is 22.6. The van der Waals surface area contributed by atoms with E-state index >= 15 is 0 Å². The van der Waals surface area contributed by atoms with Crippen LogP contribution in [0.4, 0.5) is 0 Å². The van der Waals surface area contributed by atoms with Crippen molar-refractivity contribution in [3.63, 3.8) is 0 Å². The van der Waals surface area contributed by atoms with Gasteiger partial charge in [-0.3, -0.25) is 4.79 Å². The van der Waals surface area contributed by atoms with Crippen LogP contribution in [0.5, 0.6) is 23.0 Å². The highest BCUT2D eigenvalue weighted by molar-refractivity contribution is 6.06. The topological polar surface area (TPSA) is 71.1 Å². The van der Waals surface area contributed by atoms with Crippen molar-refractivity contribution < 1.29 is 28.5 Å². The first-order valence-corrected chi connectivity index (χ1v) is 9.87. The zero-order chi connectivity index (χ0) is 23.1. The van der Waals surface area contributed by atoms with E-state index in [4.69, 9.17) is 18.9 Å². The van der Waals surface area contributed by atoms with Gasteiger partial charge in [0.05, 0.1) is 21.3 Å². The second kappa shape index (κ2) is 10.3. The number of ether oxygens (including phenoxy) is 4. The molecule has 164 valence electrons. The van der Waals surface area contributed by atoms with Crippen LogP contribution in [0.25, 0.3) is 6.08 Å². The molecule has 0 N–H and O–H groups in total. The summed E-state index contributed by atoms with van der Waals surface area (Å²) >= 11 is 0.